The van der Waals surface area contributed by atoms with Crippen LogP contribution in [0, 0.1) is 5.92 Å². The Balaban J connectivity index is 1.19. The summed E-state index contributed by atoms with van der Waals surface area (Å²) in [5.74, 6) is 0.838. The molecular formula is C47H71N2O7P. The van der Waals surface area contributed by atoms with Gasteiger partial charge in [0.2, 0.25) is 0 Å². The van der Waals surface area contributed by atoms with E-state index in [1.807, 2.05) is 65.7 Å². The van der Waals surface area contributed by atoms with Gasteiger partial charge in [-0.15, -0.1) is 0 Å². The lowest BCUT2D eigenvalue weighted by Gasteiger charge is -2.38. The molecule has 9 nitrogen and oxygen atoms in total. The highest BCUT2D eigenvalue weighted by Crippen LogP contribution is 2.43. The van der Waals surface area contributed by atoms with Crippen molar-refractivity contribution in [1.82, 2.24) is 4.90 Å². The Hall–Kier alpha value is -2.85. The van der Waals surface area contributed by atoms with E-state index in [0.717, 1.165) is 29.0 Å². The minimum absolute atomic E-state index is 0.0989. The lowest BCUT2D eigenvalue weighted by Crippen LogP contribution is -2.42. The maximum atomic E-state index is 13.2. The fourth-order valence-electron chi connectivity index (χ4n) is 7.23. The van der Waals surface area contributed by atoms with Gasteiger partial charge in [-0.25, -0.2) is 0 Å². The number of ether oxygens (including phenoxy) is 4. The lowest BCUT2D eigenvalue weighted by atomic mass is 9.80. The van der Waals surface area contributed by atoms with Crippen molar-refractivity contribution in [2.45, 2.75) is 122 Å². The maximum absolute atomic E-state index is 13.2. The van der Waals surface area contributed by atoms with Gasteiger partial charge >= 0.3 is 7.60 Å². The fraction of sp³-hybridized carbons (Fsp3) is 0.574. The Labute approximate surface area is 343 Å². The molecule has 1 aliphatic rings. The maximum Gasteiger partial charge on any atom is 0.353 e. The molecule has 316 valence electrons. The average molecular weight is 807 g/mol. The summed E-state index contributed by atoms with van der Waals surface area (Å²) in [6.45, 7) is 6.61. The molecule has 1 aliphatic heterocycles. The minimum atomic E-state index is -4.06. The Morgan fingerprint density at radius 3 is 1.72 bits per heavy atom. The molecule has 3 atom stereocenters. The summed E-state index contributed by atoms with van der Waals surface area (Å²) in [4.78, 5) is 12.7. The molecule has 0 fully saturated rings. The molecule has 1 heterocycles. The predicted molar refractivity (Wildman–Crippen MR) is 231 cm³/mol. The third-order valence-electron chi connectivity index (χ3n) is 10.4. The van der Waals surface area contributed by atoms with Gasteiger partial charge < -0.3 is 39.0 Å². The zero-order chi connectivity index (χ0) is 40.4. The molecule has 10 heteroatoms. The van der Waals surface area contributed by atoms with E-state index in [-0.39, 0.29) is 19.9 Å². The zero-order valence-corrected chi connectivity index (χ0v) is 35.7. The van der Waals surface area contributed by atoms with Crippen molar-refractivity contribution in [3.05, 3.63) is 120 Å². The molecule has 0 bridgehead atoms. The first-order valence-electron chi connectivity index (χ1n) is 21.5. The first kappa shape index (κ1) is 46.8. The summed E-state index contributed by atoms with van der Waals surface area (Å²) in [6, 6.07) is 30.3. The van der Waals surface area contributed by atoms with Crippen LogP contribution in [-0.2, 0) is 33.6 Å². The monoisotopic (exact) mass is 806 g/mol. The highest BCUT2D eigenvalue weighted by atomic mass is 31.2. The van der Waals surface area contributed by atoms with Crippen molar-refractivity contribution in [2.75, 3.05) is 46.1 Å². The quantitative estimate of drug-likeness (QED) is 0.0373. The first-order chi connectivity index (χ1) is 27.8. The van der Waals surface area contributed by atoms with Gasteiger partial charge in [-0.3, -0.25) is 4.57 Å². The van der Waals surface area contributed by atoms with Crippen molar-refractivity contribution in [3.8, 4) is 0 Å². The minimum Gasteiger partial charge on any atom is -0.381 e. The van der Waals surface area contributed by atoms with Crippen molar-refractivity contribution < 1.29 is 32.9 Å². The van der Waals surface area contributed by atoms with E-state index in [2.05, 4.69) is 50.2 Å². The standard InChI is InChI=1S/C47H71N2O7P/c1-41(2)25-16-11-9-7-5-3-4-6-8-10-12-23-34-52-35-24-36-56-57(50,51)40-54-45(37-49-33-32-46(48)53-39-49)38-55-47(42-26-17-13-18-27-42,43-28-19-14-20-29-43)44-30-21-15-22-31-44/h13-15,17-22,26-33,41,45-46H,3-12,16,23-25,34-40,48H2,1-2H3,(H,50,51). The normalized spacial score (nSPS) is 16.2. The van der Waals surface area contributed by atoms with Gasteiger partial charge in [-0.1, -0.05) is 182 Å². The van der Waals surface area contributed by atoms with Crippen LogP contribution in [0.15, 0.2) is 103 Å². The van der Waals surface area contributed by atoms with E-state index in [9.17, 15) is 9.46 Å². The van der Waals surface area contributed by atoms with E-state index >= 15 is 0 Å². The molecule has 3 aromatic rings. The van der Waals surface area contributed by atoms with E-state index in [1.165, 1.54) is 77.0 Å². The van der Waals surface area contributed by atoms with Gasteiger partial charge in [-0.05, 0) is 41.5 Å². The number of hydrogen-bond acceptors (Lipinski definition) is 8. The van der Waals surface area contributed by atoms with Crippen LogP contribution in [-0.4, -0.2) is 68.2 Å². The Morgan fingerprint density at radius 2 is 1.23 bits per heavy atom. The van der Waals surface area contributed by atoms with Crippen LogP contribution in [0.1, 0.15) is 120 Å². The summed E-state index contributed by atoms with van der Waals surface area (Å²) in [7, 11) is -4.06. The Bertz CT molecular complexity index is 1430. The molecule has 3 N–H and O–H groups in total. The number of nitrogens with two attached hydrogens (primary N) is 1. The van der Waals surface area contributed by atoms with Crippen LogP contribution in [0.4, 0.5) is 0 Å². The van der Waals surface area contributed by atoms with Gasteiger partial charge in [0.05, 0.1) is 19.3 Å². The summed E-state index contributed by atoms with van der Waals surface area (Å²) in [6.07, 6.45) is 19.7. The molecule has 0 spiro atoms. The molecule has 0 amide bonds. The molecule has 0 saturated heterocycles. The van der Waals surface area contributed by atoms with E-state index in [0.29, 0.717) is 26.2 Å². The Morgan fingerprint density at radius 1 is 0.737 bits per heavy atom. The van der Waals surface area contributed by atoms with Gasteiger partial charge in [0.25, 0.3) is 0 Å². The summed E-state index contributed by atoms with van der Waals surface area (Å²) in [5, 5.41) is 0. The smallest absolute Gasteiger partial charge is 0.353 e. The molecular weight excluding hydrogens is 735 g/mol. The Kier molecular flexibility index (Phi) is 22.2. The van der Waals surface area contributed by atoms with Crippen LogP contribution >= 0.6 is 7.60 Å². The van der Waals surface area contributed by atoms with Crippen molar-refractivity contribution >= 4 is 7.60 Å². The van der Waals surface area contributed by atoms with Crippen LogP contribution in [0.25, 0.3) is 0 Å². The SMILES string of the molecule is CC(C)CCCCCCCCCCCCCCOCCCOP(=O)(O)COC(COC(c1ccccc1)(c1ccccc1)c1ccccc1)CN1C=CC(N)OC1. The number of nitrogens with zero attached hydrogens (tertiary/aromatic N) is 1. The van der Waals surface area contributed by atoms with Crippen LogP contribution in [0.5, 0.6) is 0 Å². The summed E-state index contributed by atoms with van der Waals surface area (Å²) in [5.41, 5.74) is 7.78. The summed E-state index contributed by atoms with van der Waals surface area (Å²) < 4.78 is 43.2. The van der Waals surface area contributed by atoms with Crippen LogP contribution in [0.2, 0.25) is 0 Å². The molecule has 0 saturated carbocycles. The van der Waals surface area contributed by atoms with Crippen molar-refractivity contribution in [1.29, 1.82) is 0 Å². The molecule has 0 radical (unpaired) electrons. The second kappa shape index (κ2) is 27.0. The van der Waals surface area contributed by atoms with Crippen molar-refractivity contribution in [3.63, 3.8) is 0 Å². The lowest BCUT2D eigenvalue weighted by molar-refractivity contribution is -0.0774. The van der Waals surface area contributed by atoms with E-state index < -0.39 is 31.9 Å². The molecule has 3 unspecified atom stereocenters. The zero-order valence-electron chi connectivity index (χ0n) is 34.8. The average Bonchev–Trinajstić information content (AvgIpc) is 3.22. The second-order valence-electron chi connectivity index (χ2n) is 15.7. The third kappa shape index (κ3) is 17.9. The second-order valence-corrected chi connectivity index (χ2v) is 17.5. The molecule has 3 aromatic carbocycles. The number of hydrogen-bond donors (Lipinski definition) is 2. The first-order valence-corrected chi connectivity index (χ1v) is 23.3. The van der Waals surface area contributed by atoms with Crippen LogP contribution in [0.3, 0.4) is 0 Å². The van der Waals surface area contributed by atoms with Crippen LogP contribution < -0.4 is 5.73 Å². The van der Waals surface area contributed by atoms with Gasteiger partial charge in [-0.2, -0.15) is 0 Å². The summed E-state index contributed by atoms with van der Waals surface area (Å²) >= 11 is 0. The molecule has 0 aliphatic carbocycles. The fourth-order valence-corrected chi connectivity index (χ4v) is 8.12. The predicted octanol–water partition coefficient (Wildman–Crippen LogP) is 10.8. The van der Waals surface area contributed by atoms with Gasteiger partial charge in [0.15, 0.2) is 0 Å². The molecule has 0 aromatic heterocycles. The number of benzene rings is 3. The number of unbranched alkanes of at least 4 members (excludes halogenated alkanes) is 11. The molecule has 57 heavy (non-hydrogen) atoms. The third-order valence-corrected chi connectivity index (χ3v) is 11.5. The highest BCUT2D eigenvalue weighted by Gasteiger charge is 2.38. The van der Waals surface area contributed by atoms with Crippen molar-refractivity contribution in [2.24, 2.45) is 11.7 Å². The van der Waals surface area contributed by atoms with Gasteiger partial charge in [0, 0.05) is 26.0 Å². The van der Waals surface area contributed by atoms with Gasteiger partial charge in [0.1, 0.15) is 24.9 Å². The topological polar surface area (TPSA) is 113 Å². The number of rotatable bonds is 31. The van der Waals surface area contributed by atoms with E-state index in [1.54, 1.807) is 6.08 Å². The van der Waals surface area contributed by atoms with E-state index in [4.69, 9.17) is 29.2 Å². The molecule has 4 rings (SSSR count). The highest BCUT2D eigenvalue weighted by molar-refractivity contribution is 7.52. The largest absolute Gasteiger partial charge is 0.381 e.